The quantitative estimate of drug-likeness (QED) is 0.427. The van der Waals surface area contributed by atoms with Crippen molar-refractivity contribution >= 4 is 5.88 Å². The van der Waals surface area contributed by atoms with Crippen molar-refractivity contribution in [2.75, 3.05) is 58.0 Å². The molecule has 7 nitrogen and oxygen atoms in total. The van der Waals surface area contributed by atoms with Crippen LogP contribution in [0.5, 0.6) is 0 Å². The molecule has 0 amide bonds. The smallest absolute Gasteiger partial charge is 0.232 e. The van der Waals surface area contributed by atoms with E-state index in [0.717, 1.165) is 29.7 Å². The van der Waals surface area contributed by atoms with Gasteiger partial charge >= 0.3 is 0 Å². The van der Waals surface area contributed by atoms with Crippen molar-refractivity contribution in [1.29, 1.82) is 0 Å². The Morgan fingerprint density at radius 3 is 2.56 bits per heavy atom. The van der Waals surface area contributed by atoms with E-state index in [0.29, 0.717) is 57.6 Å². The summed E-state index contributed by atoms with van der Waals surface area (Å²) in [5.41, 5.74) is 3.27. The highest BCUT2D eigenvalue weighted by atomic mass is 19.1. The highest BCUT2D eigenvalue weighted by molar-refractivity contribution is 5.68. The van der Waals surface area contributed by atoms with Crippen LogP contribution in [0.3, 0.4) is 0 Å². The van der Waals surface area contributed by atoms with Gasteiger partial charge in [0.2, 0.25) is 5.88 Å². The van der Waals surface area contributed by atoms with Gasteiger partial charge < -0.3 is 24.0 Å². The van der Waals surface area contributed by atoms with Gasteiger partial charge in [0, 0.05) is 52.0 Å². The van der Waals surface area contributed by atoms with Gasteiger partial charge in [0.15, 0.2) is 0 Å². The number of rotatable bonds is 11. The van der Waals surface area contributed by atoms with Gasteiger partial charge in [-0.3, -0.25) is 4.90 Å². The van der Waals surface area contributed by atoms with Crippen molar-refractivity contribution in [3.05, 3.63) is 71.5 Å². The molecule has 1 atom stereocenters. The predicted molar refractivity (Wildman–Crippen MR) is 128 cm³/mol. The van der Waals surface area contributed by atoms with Crippen LogP contribution >= 0.6 is 0 Å². The van der Waals surface area contributed by atoms with Crippen molar-refractivity contribution in [1.82, 2.24) is 10.1 Å². The van der Waals surface area contributed by atoms with E-state index in [1.807, 2.05) is 30.3 Å². The molecule has 2 aromatic carbocycles. The maximum Gasteiger partial charge on any atom is 0.232 e. The van der Waals surface area contributed by atoms with Crippen LogP contribution in [0, 0.1) is 5.82 Å². The molecule has 2 heterocycles. The van der Waals surface area contributed by atoms with Gasteiger partial charge in [-0.15, -0.1) is 0 Å². The standard InChI is InChI=1S/C26H32FN3O4/c1-32-15-5-12-29(19-24(31)20-6-3-2-4-7-20)18-23-25(21-8-10-22(27)11-9-21)28-34-26(23)30-13-16-33-17-14-30/h2-4,6-11,24,31H,5,12-19H2,1H3. The van der Waals surface area contributed by atoms with Crippen LogP contribution in [0.25, 0.3) is 11.3 Å². The molecule has 182 valence electrons. The van der Waals surface area contributed by atoms with Gasteiger partial charge in [0.25, 0.3) is 0 Å². The van der Waals surface area contributed by atoms with Crippen molar-refractivity contribution in [2.45, 2.75) is 19.1 Å². The van der Waals surface area contributed by atoms with E-state index in [-0.39, 0.29) is 5.82 Å². The fraction of sp³-hybridized carbons (Fsp3) is 0.423. The normalized spacial score (nSPS) is 15.1. The third-order valence-corrected chi connectivity index (χ3v) is 6.00. The van der Waals surface area contributed by atoms with Crippen LogP contribution in [0.15, 0.2) is 59.1 Å². The summed E-state index contributed by atoms with van der Waals surface area (Å²) in [4.78, 5) is 4.33. The number of aliphatic hydroxyl groups is 1. The third kappa shape index (κ3) is 6.21. The molecule has 1 unspecified atom stereocenters. The Balaban J connectivity index is 1.63. The average molecular weight is 470 g/mol. The summed E-state index contributed by atoms with van der Waals surface area (Å²) in [5, 5.41) is 15.3. The number of anilines is 1. The summed E-state index contributed by atoms with van der Waals surface area (Å²) in [6, 6.07) is 15.9. The molecule has 1 aromatic heterocycles. The Kier molecular flexibility index (Phi) is 8.65. The third-order valence-electron chi connectivity index (χ3n) is 6.00. The molecular weight excluding hydrogens is 437 g/mol. The first-order chi connectivity index (χ1) is 16.7. The second-order valence-corrected chi connectivity index (χ2v) is 8.43. The molecule has 1 fully saturated rings. The molecular formula is C26H32FN3O4. The zero-order valence-electron chi connectivity index (χ0n) is 19.5. The van der Waals surface area contributed by atoms with Gasteiger partial charge in [0.05, 0.1) is 24.9 Å². The van der Waals surface area contributed by atoms with Gasteiger partial charge in [0.1, 0.15) is 11.5 Å². The van der Waals surface area contributed by atoms with Crippen molar-refractivity contribution in [3.63, 3.8) is 0 Å². The minimum Gasteiger partial charge on any atom is -0.387 e. The van der Waals surface area contributed by atoms with Crippen LogP contribution in [0.2, 0.25) is 0 Å². The fourth-order valence-corrected chi connectivity index (χ4v) is 4.21. The number of morpholine rings is 1. The topological polar surface area (TPSA) is 71.2 Å². The zero-order chi connectivity index (χ0) is 23.8. The molecule has 1 aliphatic heterocycles. The summed E-state index contributed by atoms with van der Waals surface area (Å²) in [7, 11) is 1.69. The molecule has 0 radical (unpaired) electrons. The Bertz CT molecular complexity index is 1010. The lowest BCUT2D eigenvalue weighted by Gasteiger charge is -2.29. The summed E-state index contributed by atoms with van der Waals surface area (Å²) >= 11 is 0. The number of aliphatic hydroxyl groups excluding tert-OH is 1. The molecule has 34 heavy (non-hydrogen) atoms. The summed E-state index contributed by atoms with van der Waals surface area (Å²) in [6.07, 6.45) is 0.187. The van der Waals surface area contributed by atoms with E-state index in [2.05, 4.69) is 15.0 Å². The SMILES string of the molecule is COCCCN(Cc1c(-c2ccc(F)cc2)noc1N1CCOCC1)CC(O)c1ccccc1. The molecule has 4 rings (SSSR count). The fourth-order valence-electron chi connectivity index (χ4n) is 4.21. The Morgan fingerprint density at radius 1 is 1.12 bits per heavy atom. The van der Waals surface area contributed by atoms with E-state index < -0.39 is 6.10 Å². The number of methoxy groups -OCH3 is 1. The zero-order valence-corrected chi connectivity index (χ0v) is 19.5. The van der Waals surface area contributed by atoms with Crippen LogP contribution in [0.1, 0.15) is 23.7 Å². The maximum absolute atomic E-state index is 13.6. The monoisotopic (exact) mass is 469 g/mol. The van der Waals surface area contributed by atoms with Crippen molar-refractivity contribution in [3.8, 4) is 11.3 Å². The first kappa shape index (κ1) is 24.3. The Labute approximate surface area is 199 Å². The van der Waals surface area contributed by atoms with E-state index >= 15 is 0 Å². The lowest BCUT2D eigenvalue weighted by atomic mass is 10.1. The second kappa shape index (κ2) is 12.1. The number of nitrogens with zero attached hydrogens (tertiary/aromatic N) is 3. The highest BCUT2D eigenvalue weighted by Gasteiger charge is 2.26. The minimum absolute atomic E-state index is 0.297. The molecule has 0 bridgehead atoms. The van der Waals surface area contributed by atoms with E-state index in [9.17, 15) is 9.50 Å². The lowest BCUT2D eigenvalue weighted by molar-refractivity contribution is 0.0992. The molecule has 8 heteroatoms. The number of ether oxygens (including phenoxy) is 2. The lowest BCUT2D eigenvalue weighted by Crippen LogP contribution is -2.37. The van der Waals surface area contributed by atoms with Gasteiger partial charge in [-0.05, 0) is 36.2 Å². The average Bonchev–Trinajstić information content (AvgIpc) is 3.29. The molecule has 1 N–H and O–H groups in total. The van der Waals surface area contributed by atoms with Gasteiger partial charge in [-0.25, -0.2) is 4.39 Å². The first-order valence-electron chi connectivity index (χ1n) is 11.7. The van der Waals surface area contributed by atoms with E-state index in [4.69, 9.17) is 14.0 Å². The van der Waals surface area contributed by atoms with Crippen LogP contribution in [-0.2, 0) is 16.0 Å². The minimum atomic E-state index is -0.635. The Hall–Kier alpha value is -2.78. The predicted octanol–water partition coefficient (Wildman–Crippen LogP) is 3.89. The van der Waals surface area contributed by atoms with Crippen LogP contribution in [0.4, 0.5) is 10.3 Å². The summed E-state index contributed by atoms with van der Waals surface area (Å²) in [6.45, 7) is 4.99. The molecule has 0 aliphatic carbocycles. The van der Waals surface area contributed by atoms with Crippen molar-refractivity contribution < 1.29 is 23.5 Å². The Morgan fingerprint density at radius 2 is 1.85 bits per heavy atom. The molecule has 0 spiro atoms. The van der Waals surface area contributed by atoms with Crippen molar-refractivity contribution in [2.24, 2.45) is 0 Å². The number of benzene rings is 2. The number of hydrogen-bond acceptors (Lipinski definition) is 7. The maximum atomic E-state index is 13.6. The van der Waals surface area contributed by atoms with Crippen LogP contribution < -0.4 is 4.90 Å². The van der Waals surface area contributed by atoms with Crippen LogP contribution in [-0.4, -0.2) is 68.3 Å². The molecule has 1 aliphatic rings. The first-order valence-corrected chi connectivity index (χ1v) is 11.7. The van der Waals surface area contributed by atoms with E-state index in [1.54, 1.807) is 19.2 Å². The number of halogens is 1. The highest BCUT2D eigenvalue weighted by Crippen LogP contribution is 2.33. The van der Waals surface area contributed by atoms with Gasteiger partial charge in [-0.1, -0.05) is 35.5 Å². The summed E-state index contributed by atoms with van der Waals surface area (Å²) < 4.78 is 30.2. The molecule has 3 aromatic rings. The summed E-state index contributed by atoms with van der Waals surface area (Å²) in [5.74, 6) is 0.406. The second-order valence-electron chi connectivity index (χ2n) is 8.43. The largest absolute Gasteiger partial charge is 0.387 e. The molecule has 1 saturated heterocycles. The number of aromatic nitrogens is 1. The van der Waals surface area contributed by atoms with E-state index in [1.165, 1.54) is 12.1 Å². The van der Waals surface area contributed by atoms with Gasteiger partial charge in [-0.2, -0.15) is 0 Å². The number of hydrogen-bond donors (Lipinski definition) is 1. The molecule has 0 saturated carbocycles.